The molecule has 0 N–H and O–H groups in total. The molecule has 118 valence electrons. The highest BCUT2D eigenvalue weighted by atomic mass is 28.4. The smallest absolute Gasteiger partial charge is 0.192 e. The van der Waals surface area contributed by atoms with Crippen LogP contribution in [0.3, 0.4) is 0 Å². The molecule has 2 rings (SSSR count). The van der Waals surface area contributed by atoms with Gasteiger partial charge in [-0.15, -0.1) is 0 Å². The number of hydrogen-bond donors (Lipinski definition) is 0. The van der Waals surface area contributed by atoms with E-state index in [2.05, 4.69) is 78.0 Å². The van der Waals surface area contributed by atoms with Gasteiger partial charge in [0.25, 0.3) is 0 Å². The number of rotatable bonds is 5. The van der Waals surface area contributed by atoms with E-state index < -0.39 is 8.32 Å². The molecule has 0 aromatic heterocycles. The maximum atomic E-state index is 6.77. The first-order chi connectivity index (χ1) is 9.62. The molecule has 2 heteroatoms. The summed E-state index contributed by atoms with van der Waals surface area (Å²) >= 11 is 0. The molecule has 0 aliphatic heterocycles. The SMILES string of the molecule is CC[C@H](O[Si](C)(C)C(C)(C)C)[C@]1(C)C[C@H]1c1ccccc1. The molecule has 0 spiro atoms. The third-order valence-electron chi connectivity index (χ3n) is 5.83. The Kier molecular flexibility index (Phi) is 4.43. The molecule has 0 amide bonds. The molecule has 21 heavy (non-hydrogen) atoms. The van der Waals surface area contributed by atoms with Gasteiger partial charge < -0.3 is 4.43 Å². The van der Waals surface area contributed by atoms with Crippen LogP contribution < -0.4 is 0 Å². The maximum absolute atomic E-state index is 6.77. The van der Waals surface area contributed by atoms with Crippen LogP contribution in [0, 0.1) is 5.41 Å². The summed E-state index contributed by atoms with van der Waals surface area (Å²) in [6, 6.07) is 11.0. The zero-order chi connectivity index (χ0) is 15.9. The summed E-state index contributed by atoms with van der Waals surface area (Å²) in [5, 5.41) is 0.286. The Morgan fingerprint density at radius 3 is 2.29 bits per heavy atom. The molecule has 1 nitrogen and oxygen atoms in total. The Balaban J connectivity index is 2.13. The van der Waals surface area contributed by atoms with Gasteiger partial charge in [-0.25, -0.2) is 0 Å². The van der Waals surface area contributed by atoms with Gasteiger partial charge in [-0.05, 0) is 47.9 Å². The Bertz CT molecular complexity index is 474. The Morgan fingerprint density at radius 2 is 1.81 bits per heavy atom. The van der Waals surface area contributed by atoms with Crippen LogP contribution in [-0.4, -0.2) is 14.4 Å². The number of hydrogen-bond acceptors (Lipinski definition) is 1. The molecule has 1 saturated carbocycles. The summed E-state index contributed by atoms with van der Waals surface area (Å²) in [5.74, 6) is 0.674. The standard InChI is InChI=1S/C19H32OSi/c1-8-17(20-21(6,7)18(2,3)4)19(5)14-16(19)15-12-10-9-11-13-15/h9-13,16-17H,8,14H2,1-7H3/t16-,17-,19+/m0/s1. The van der Waals surface area contributed by atoms with Crippen molar-refractivity contribution in [3.05, 3.63) is 35.9 Å². The van der Waals surface area contributed by atoms with Crippen molar-refractivity contribution >= 4 is 8.32 Å². The van der Waals surface area contributed by atoms with Crippen molar-refractivity contribution in [1.29, 1.82) is 0 Å². The average molecular weight is 305 g/mol. The quantitative estimate of drug-likeness (QED) is 0.608. The van der Waals surface area contributed by atoms with E-state index >= 15 is 0 Å². The van der Waals surface area contributed by atoms with E-state index in [1.165, 1.54) is 12.0 Å². The fraction of sp³-hybridized carbons (Fsp3) is 0.684. The van der Waals surface area contributed by atoms with Crippen molar-refractivity contribution in [3.8, 4) is 0 Å². The lowest BCUT2D eigenvalue weighted by Crippen LogP contribution is -2.46. The highest BCUT2D eigenvalue weighted by molar-refractivity contribution is 6.74. The van der Waals surface area contributed by atoms with Crippen LogP contribution in [0.4, 0.5) is 0 Å². The second-order valence-corrected chi connectivity index (χ2v) is 13.2. The summed E-state index contributed by atoms with van der Waals surface area (Å²) < 4.78 is 6.77. The second-order valence-electron chi connectivity index (χ2n) is 8.45. The van der Waals surface area contributed by atoms with Crippen LogP contribution in [0.25, 0.3) is 0 Å². The maximum Gasteiger partial charge on any atom is 0.192 e. The van der Waals surface area contributed by atoms with E-state index in [9.17, 15) is 0 Å². The largest absolute Gasteiger partial charge is 0.413 e. The Morgan fingerprint density at radius 1 is 1.24 bits per heavy atom. The molecule has 1 aromatic rings. The predicted molar refractivity (Wildman–Crippen MR) is 94.3 cm³/mol. The first-order valence-corrected chi connectivity index (χ1v) is 11.3. The summed E-state index contributed by atoms with van der Waals surface area (Å²) in [6.45, 7) is 16.4. The summed E-state index contributed by atoms with van der Waals surface area (Å²) in [6.07, 6.45) is 2.78. The first kappa shape index (κ1) is 16.8. The summed E-state index contributed by atoms with van der Waals surface area (Å²) in [7, 11) is -1.69. The Hall–Kier alpha value is -0.603. The first-order valence-electron chi connectivity index (χ1n) is 8.34. The molecule has 0 radical (unpaired) electrons. The average Bonchev–Trinajstić information content (AvgIpc) is 3.09. The van der Waals surface area contributed by atoms with E-state index in [1.54, 1.807) is 0 Å². The zero-order valence-corrected chi connectivity index (χ0v) is 15.9. The topological polar surface area (TPSA) is 9.23 Å². The van der Waals surface area contributed by atoms with Crippen LogP contribution in [-0.2, 0) is 4.43 Å². The zero-order valence-electron chi connectivity index (χ0n) is 14.9. The van der Waals surface area contributed by atoms with E-state index in [0.717, 1.165) is 6.42 Å². The van der Waals surface area contributed by atoms with Crippen molar-refractivity contribution in [3.63, 3.8) is 0 Å². The molecule has 0 bridgehead atoms. The van der Waals surface area contributed by atoms with E-state index in [-0.39, 0.29) is 5.04 Å². The monoisotopic (exact) mass is 304 g/mol. The molecule has 0 unspecified atom stereocenters. The lowest BCUT2D eigenvalue weighted by Gasteiger charge is -2.41. The van der Waals surface area contributed by atoms with Gasteiger partial charge in [0.1, 0.15) is 0 Å². The van der Waals surface area contributed by atoms with Gasteiger partial charge in [0.15, 0.2) is 8.32 Å². The lowest BCUT2D eigenvalue weighted by molar-refractivity contribution is 0.105. The van der Waals surface area contributed by atoms with Gasteiger partial charge in [-0.3, -0.25) is 0 Å². The van der Waals surface area contributed by atoms with Gasteiger partial charge >= 0.3 is 0 Å². The molecule has 0 saturated heterocycles. The Labute approximate surface area is 132 Å². The van der Waals surface area contributed by atoms with Gasteiger partial charge in [-0.1, -0.05) is 65.0 Å². The fourth-order valence-corrected chi connectivity index (χ4v) is 4.64. The number of benzene rings is 1. The molecule has 1 aliphatic rings. The molecule has 1 aliphatic carbocycles. The highest BCUT2D eigenvalue weighted by Crippen LogP contribution is 2.63. The van der Waals surface area contributed by atoms with Crippen LogP contribution in [0.2, 0.25) is 18.1 Å². The van der Waals surface area contributed by atoms with Crippen molar-refractivity contribution in [2.75, 3.05) is 0 Å². The van der Waals surface area contributed by atoms with Gasteiger partial charge in [0.05, 0.1) is 6.10 Å². The molecule has 0 heterocycles. The third kappa shape index (κ3) is 3.27. The van der Waals surface area contributed by atoms with Gasteiger partial charge in [0, 0.05) is 0 Å². The van der Waals surface area contributed by atoms with Gasteiger partial charge in [0.2, 0.25) is 0 Å². The molecule has 3 atom stereocenters. The van der Waals surface area contributed by atoms with Crippen LogP contribution in [0.5, 0.6) is 0 Å². The molecule has 1 fully saturated rings. The fourth-order valence-electron chi connectivity index (χ4n) is 3.14. The highest BCUT2D eigenvalue weighted by Gasteiger charge is 2.57. The van der Waals surface area contributed by atoms with Crippen molar-refractivity contribution in [2.45, 2.75) is 77.6 Å². The van der Waals surface area contributed by atoms with Crippen molar-refractivity contribution in [1.82, 2.24) is 0 Å². The molecule has 1 aromatic carbocycles. The van der Waals surface area contributed by atoms with E-state index in [0.29, 0.717) is 17.4 Å². The van der Waals surface area contributed by atoms with Gasteiger partial charge in [-0.2, -0.15) is 0 Å². The minimum atomic E-state index is -1.69. The molecular weight excluding hydrogens is 272 g/mol. The second kappa shape index (κ2) is 5.55. The molecular formula is C19H32OSi. The normalized spacial score (nSPS) is 27.5. The third-order valence-corrected chi connectivity index (χ3v) is 10.3. The van der Waals surface area contributed by atoms with E-state index in [4.69, 9.17) is 4.43 Å². The van der Waals surface area contributed by atoms with Crippen LogP contribution in [0.15, 0.2) is 30.3 Å². The summed E-state index contributed by atoms with van der Waals surface area (Å²) in [4.78, 5) is 0. The van der Waals surface area contributed by atoms with E-state index in [1.807, 2.05) is 0 Å². The minimum Gasteiger partial charge on any atom is -0.413 e. The van der Waals surface area contributed by atoms with Crippen molar-refractivity contribution < 1.29 is 4.43 Å². The lowest BCUT2D eigenvalue weighted by atomic mass is 9.93. The van der Waals surface area contributed by atoms with Crippen LogP contribution in [0.1, 0.15) is 58.9 Å². The van der Waals surface area contributed by atoms with Crippen molar-refractivity contribution in [2.24, 2.45) is 5.41 Å². The summed E-state index contributed by atoms with van der Waals surface area (Å²) in [5.41, 5.74) is 1.81. The minimum absolute atomic E-state index is 0.286. The van der Waals surface area contributed by atoms with Crippen LogP contribution >= 0.6 is 0 Å². The predicted octanol–water partition coefficient (Wildman–Crippen LogP) is 5.98.